The van der Waals surface area contributed by atoms with Gasteiger partial charge in [0.1, 0.15) is 0 Å². The number of piperazine rings is 1. The number of para-hydroxylation sites is 1. The van der Waals surface area contributed by atoms with Crippen LogP contribution in [0.4, 0.5) is 5.95 Å². The maximum absolute atomic E-state index is 13.7. The van der Waals surface area contributed by atoms with Gasteiger partial charge in [0.05, 0.1) is 16.8 Å². The van der Waals surface area contributed by atoms with Crippen LogP contribution in [0.25, 0.3) is 33.3 Å². The van der Waals surface area contributed by atoms with Crippen LogP contribution < -0.4 is 4.90 Å². The van der Waals surface area contributed by atoms with E-state index in [1.807, 2.05) is 59.5 Å². The molecule has 0 spiro atoms. The number of fused-ring (bicyclic) bond motifs is 1. The molecule has 0 aliphatic carbocycles. The van der Waals surface area contributed by atoms with Crippen LogP contribution >= 0.6 is 0 Å². The lowest BCUT2D eigenvalue weighted by Gasteiger charge is -2.34. The average molecular weight is 472 g/mol. The lowest BCUT2D eigenvalue weighted by molar-refractivity contribution is 0.0748. The van der Waals surface area contributed by atoms with Crippen LogP contribution in [0.2, 0.25) is 0 Å². The van der Waals surface area contributed by atoms with Crippen molar-refractivity contribution in [3.05, 3.63) is 109 Å². The van der Waals surface area contributed by atoms with Crippen LogP contribution in [0.1, 0.15) is 10.4 Å². The van der Waals surface area contributed by atoms with Crippen molar-refractivity contribution in [2.75, 3.05) is 31.1 Å². The third-order valence-corrected chi connectivity index (χ3v) is 6.64. The van der Waals surface area contributed by atoms with Crippen molar-refractivity contribution < 1.29 is 4.79 Å². The van der Waals surface area contributed by atoms with E-state index in [1.165, 1.54) is 5.56 Å². The van der Waals surface area contributed by atoms with Gasteiger partial charge < -0.3 is 9.80 Å². The minimum Gasteiger partial charge on any atom is -0.337 e. The van der Waals surface area contributed by atoms with Gasteiger partial charge in [-0.2, -0.15) is 0 Å². The smallest absolute Gasteiger partial charge is 0.254 e. The number of pyridine rings is 1. The second-order valence-electron chi connectivity index (χ2n) is 8.84. The molecular weight excluding hydrogens is 446 g/mol. The Bertz CT molecular complexity index is 1500. The Morgan fingerprint density at radius 2 is 1.31 bits per heavy atom. The van der Waals surface area contributed by atoms with Crippen molar-refractivity contribution in [3.8, 4) is 22.4 Å². The summed E-state index contributed by atoms with van der Waals surface area (Å²) in [5.74, 6) is 0.740. The Hall–Kier alpha value is -4.58. The molecular formula is C30H25N5O. The summed E-state index contributed by atoms with van der Waals surface area (Å²) in [6.45, 7) is 2.64. The van der Waals surface area contributed by atoms with Gasteiger partial charge in [0, 0.05) is 49.5 Å². The predicted octanol–water partition coefficient (Wildman–Crippen LogP) is 5.32. The number of hydrogen-bond acceptors (Lipinski definition) is 5. The van der Waals surface area contributed by atoms with Gasteiger partial charge in [0.2, 0.25) is 5.95 Å². The molecule has 0 unspecified atom stereocenters. The van der Waals surface area contributed by atoms with Crippen LogP contribution in [0, 0.1) is 0 Å². The molecule has 0 radical (unpaired) electrons. The number of anilines is 1. The number of carbonyl (C=O) groups excluding carboxylic acids is 1. The maximum atomic E-state index is 13.7. The first kappa shape index (κ1) is 21.9. The monoisotopic (exact) mass is 471 g/mol. The zero-order valence-corrected chi connectivity index (χ0v) is 19.8. The van der Waals surface area contributed by atoms with E-state index in [4.69, 9.17) is 4.98 Å². The molecule has 176 valence electrons. The number of carbonyl (C=O) groups is 1. The lowest BCUT2D eigenvalue weighted by atomic mass is 10.00. The van der Waals surface area contributed by atoms with Gasteiger partial charge in [-0.05, 0) is 29.3 Å². The molecule has 5 aromatic rings. The summed E-state index contributed by atoms with van der Waals surface area (Å²) in [7, 11) is 0. The summed E-state index contributed by atoms with van der Waals surface area (Å²) in [6, 6.07) is 30.3. The molecule has 0 atom stereocenters. The molecule has 1 saturated heterocycles. The topological polar surface area (TPSA) is 62.2 Å². The van der Waals surface area contributed by atoms with E-state index >= 15 is 0 Å². The number of hydrogen-bond donors (Lipinski definition) is 0. The van der Waals surface area contributed by atoms with Crippen LogP contribution in [-0.2, 0) is 0 Å². The Balaban J connectivity index is 1.29. The van der Waals surface area contributed by atoms with Crippen LogP contribution in [0.5, 0.6) is 0 Å². The van der Waals surface area contributed by atoms with Gasteiger partial charge in [-0.15, -0.1) is 0 Å². The SMILES string of the molecule is O=C(c1cc(-c2ccc(-c3ccccc3)cc2)nc2ccccc12)N1CCN(c2ncccn2)CC1. The number of aromatic nitrogens is 3. The highest BCUT2D eigenvalue weighted by Gasteiger charge is 2.25. The fraction of sp³-hybridized carbons (Fsp3) is 0.133. The molecule has 1 fully saturated rings. The molecule has 3 aromatic carbocycles. The Labute approximate surface area is 209 Å². The molecule has 6 nitrogen and oxygen atoms in total. The quantitative estimate of drug-likeness (QED) is 0.355. The standard InChI is InChI=1S/C30H25N5O/c36-29(34-17-19-35(20-18-34)30-31-15-6-16-32-30)26-21-28(33-27-10-5-4-9-25(26)27)24-13-11-23(12-14-24)22-7-2-1-3-8-22/h1-16,21H,17-20H2. The third kappa shape index (κ3) is 4.29. The van der Waals surface area contributed by atoms with Gasteiger partial charge in [-0.1, -0.05) is 72.8 Å². The number of nitrogens with zero attached hydrogens (tertiary/aromatic N) is 5. The highest BCUT2D eigenvalue weighted by Crippen LogP contribution is 2.28. The van der Waals surface area contributed by atoms with Gasteiger partial charge in [0.25, 0.3) is 5.91 Å². The van der Waals surface area contributed by atoms with Gasteiger partial charge >= 0.3 is 0 Å². The maximum Gasteiger partial charge on any atom is 0.254 e. The number of rotatable bonds is 4. The van der Waals surface area contributed by atoms with Crippen molar-refractivity contribution in [2.45, 2.75) is 0 Å². The van der Waals surface area contributed by atoms with Gasteiger partial charge in [-0.25, -0.2) is 15.0 Å². The molecule has 3 heterocycles. The number of benzene rings is 3. The first-order valence-corrected chi connectivity index (χ1v) is 12.1. The summed E-state index contributed by atoms with van der Waals surface area (Å²) < 4.78 is 0. The Kier molecular flexibility index (Phi) is 5.83. The zero-order chi connectivity index (χ0) is 24.3. The highest BCUT2D eigenvalue weighted by molar-refractivity contribution is 6.07. The van der Waals surface area contributed by atoms with E-state index in [0.29, 0.717) is 37.7 Å². The van der Waals surface area contributed by atoms with Crippen LogP contribution in [0.15, 0.2) is 103 Å². The largest absolute Gasteiger partial charge is 0.337 e. The summed E-state index contributed by atoms with van der Waals surface area (Å²) in [4.78, 5) is 31.3. The Morgan fingerprint density at radius 1 is 0.667 bits per heavy atom. The first-order valence-electron chi connectivity index (χ1n) is 12.1. The predicted molar refractivity (Wildman–Crippen MR) is 143 cm³/mol. The van der Waals surface area contributed by atoms with Crippen LogP contribution in [0.3, 0.4) is 0 Å². The molecule has 1 amide bonds. The van der Waals surface area contributed by atoms with Crippen LogP contribution in [-0.4, -0.2) is 51.9 Å². The highest BCUT2D eigenvalue weighted by atomic mass is 16.2. The van der Waals surface area contributed by atoms with Crippen molar-refractivity contribution in [2.24, 2.45) is 0 Å². The summed E-state index contributed by atoms with van der Waals surface area (Å²) >= 11 is 0. The molecule has 0 saturated carbocycles. The van der Waals surface area contributed by atoms with Crippen molar-refractivity contribution in [1.82, 2.24) is 19.9 Å². The summed E-state index contributed by atoms with van der Waals surface area (Å²) in [6.07, 6.45) is 3.49. The minimum atomic E-state index is 0.0318. The average Bonchev–Trinajstić information content (AvgIpc) is 2.97. The van der Waals surface area contributed by atoms with E-state index < -0.39 is 0 Å². The molecule has 6 rings (SSSR count). The van der Waals surface area contributed by atoms with Crippen molar-refractivity contribution in [3.63, 3.8) is 0 Å². The molecule has 36 heavy (non-hydrogen) atoms. The van der Waals surface area contributed by atoms with E-state index in [0.717, 1.165) is 27.7 Å². The zero-order valence-electron chi connectivity index (χ0n) is 19.8. The van der Waals surface area contributed by atoms with Crippen molar-refractivity contribution >= 4 is 22.8 Å². The summed E-state index contributed by atoms with van der Waals surface area (Å²) in [5.41, 5.74) is 5.62. The molecule has 1 aliphatic rings. The molecule has 0 bridgehead atoms. The first-order chi connectivity index (χ1) is 17.8. The fourth-order valence-corrected chi connectivity index (χ4v) is 4.70. The van der Waals surface area contributed by atoms with Gasteiger partial charge in [-0.3, -0.25) is 4.79 Å². The third-order valence-electron chi connectivity index (χ3n) is 6.64. The minimum absolute atomic E-state index is 0.0318. The van der Waals surface area contributed by atoms with E-state index in [-0.39, 0.29) is 5.91 Å². The second-order valence-corrected chi connectivity index (χ2v) is 8.84. The Morgan fingerprint density at radius 3 is 2.06 bits per heavy atom. The number of amides is 1. The van der Waals surface area contributed by atoms with Gasteiger partial charge in [0.15, 0.2) is 0 Å². The summed E-state index contributed by atoms with van der Waals surface area (Å²) in [5, 5.41) is 0.876. The van der Waals surface area contributed by atoms with E-state index in [2.05, 4.69) is 51.3 Å². The van der Waals surface area contributed by atoms with E-state index in [1.54, 1.807) is 12.4 Å². The molecule has 0 N–H and O–H groups in total. The van der Waals surface area contributed by atoms with Crippen molar-refractivity contribution in [1.29, 1.82) is 0 Å². The fourth-order valence-electron chi connectivity index (χ4n) is 4.70. The second kappa shape index (κ2) is 9.58. The lowest BCUT2D eigenvalue weighted by Crippen LogP contribution is -2.49. The molecule has 1 aliphatic heterocycles. The molecule has 6 heteroatoms. The molecule has 2 aromatic heterocycles. The van der Waals surface area contributed by atoms with E-state index in [9.17, 15) is 4.79 Å². The normalized spacial score (nSPS) is 13.7.